The number of hydrogen-bond acceptors (Lipinski definition) is 7. The number of hydrogen-bond donors (Lipinski definition) is 2. The number of aliphatic hydroxyl groups excluding tert-OH is 1. The zero-order chi connectivity index (χ0) is 16.8. The van der Waals surface area contributed by atoms with Crippen LogP contribution in [0.15, 0.2) is 12.4 Å². The minimum atomic E-state index is -0.163. The highest BCUT2D eigenvalue weighted by Crippen LogP contribution is 2.21. The number of likely N-dealkylation sites (tertiary alicyclic amines) is 1. The topological polar surface area (TPSA) is 73.8 Å². The minimum absolute atomic E-state index is 0.163. The van der Waals surface area contributed by atoms with Gasteiger partial charge >= 0.3 is 0 Å². The highest BCUT2D eigenvalue weighted by molar-refractivity contribution is 5.48. The van der Waals surface area contributed by atoms with Crippen molar-refractivity contribution in [2.75, 3.05) is 63.2 Å². The van der Waals surface area contributed by atoms with Crippen molar-refractivity contribution in [2.45, 2.75) is 25.4 Å². The first-order valence-electron chi connectivity index (χ1n) is 8.95. The average Bonchev–Trinajstić information content (AvgIpc) is 3.07. The maximum absolute atomic E-state index is 9.63. The van der Waals surface area contributed by atoms with E-state index in [4.69, 9.17) is 4.74 Å². The molecule has 0 radical (unpaired) electrons. The van der Waals surface area contributed by atoms with Crippen molar-refractivity contribution in [3.05, 3.63) is 12.4 Å². The zero-order valence-electron chi connectivity index (χ0n) is 14.5. The van der Waals surface area contributed by atoms with E-state index in [-0.39, 0.29) is 6.10 Å². The van der Waals surface area contributed by atoms with Gasteiger partial charge in [-0.25, -0.2) is 9.97 Å². The normalized spacial score (nSPS) is 22.9. The standard InChI is InChI=1S/C17H29N5O2/c1-24-9-8-21-5-2-14(12-21)11-18-16-10-17(20-13-19-16)22-6-3-15(23)4-7-22/h10,13-15,23H,2-9,11-12H2,1H3,(H,18,19,20). The quantitative estimate of drug-likeness (QED) is 0.764. The molecule has 7 nitrogen and oxygen atoms in total. The number of methoxy groups -OCH3 is 1. The number of rotatable bonds is 7. The van der Waals surface area contributed by atoms with Gasteiger partial charge in [-0.3, -0.25) is 0 Å². The highest BCUT2D eigenvalue weighted by Gasteiger charge is 2.22. The Bertz CT molecular complexity index is 508. The van der Waals surface area contributed by atoms with Crippen LogP contribution in [0.25, 0.3) is 0 Å². The van der Waals surface area contributed by atoms with E-state index in [0.717, 1.165) is 70.4 Å². The summed E-state index contributed by atoms with van der Waals surface area (Å²) < 4.78 is 5.15. The van der Waals surface area contributed by atoms with Gasteiger partial charge in [0.2, 0.25) is 0 Å². The lowest BCUT2D eigenvalue weighted by Gasteiger charge is -2.30. The summed E-state index contributed by atoms with van der Waals surface area (Å²) in [5.74, 6) is 2.50. The van der Waals surface area contributed by atoms with Crippen LogP contribution in [0.5, 0.6) is 0 Å². The van der Waals surface area contributed by atoms with Crippen LogP contribution >= 0.6 is 0 Å². The van der Waals surface area contributed by atoms with Crippen LogP contribution in [0.2, 0.25) is 0 Å². The molecule has 3 heterocycles. The predicted octanol–water partition coefficient (Wildman–Crippen LogP) is 0.818. The number of aliphatic hydroxyl groups is 1. The first-order valence-corrected chi connectivity index (χ1v) is 8.95. The zero-order valence-corrected chi connectivity index (χ0v) is 14.5. The van der Waals surface area contributed by atoms with Crippen molar-refractivity contribution in [3.8, 4) is 0 Å². The van der Waals surface area contributed by atoms with Crippen LogP contribution in [0, 0.1) is 5.92 Å². The fraction of sp³-hybridized carbons (Fsp3) is 0.765. The third-order valence-corrected chi connectivity index (χ3v) is 4.99. The molecule has 0 saturated carbocycles. The number of aromatic nitrogens is 2. The summed E-state index contributed by atoms with van der Waals surface area (Å²) in [4.78, 5) is 13.4. The fourth-order valence-corrected chi connectivity index (χ4v) is 3.46. The molecule has 2 N–H and O–H groups in total. The molecule has 0 spiro atoms. The molecule has 2 saturated heterocycles. The van der Waals surface area contributed by atoms with Crippen LogP contribution < -0.4 is 10.2 Å². The van der Waals surface area contributed by atoms with E-state index in [9.17, 15) is 5.11 Å². The SMILES string of the molecule is COCCN1CCC(CNc2cc(N3CCC(O)CC3)ncn2)C1. The molecule has 0 aliphatic carbocycles. The summed E-state index contributed by atoms with van der Waals surface area (Å²) in [5, 5.41) is 13.1. The molecule has 134 valence electrons. The summed E-state index contributed by atoms with van der Waals surface area (Å²) in [5.41, 5.74) is 0. The Hall–Kier alpha value is -1.44. The van der Waals surface area contributed by atoms with Crippen molar-refractivity contribution in [3.63, 3.8) is 0 Å². The second kappa shape index (κ2) is 8.60. The van der Waals surface area contributed by atoms with Crippen LogP contribution in [0.3, 0.4) is 0 Å². The maximum Gasteiger partial charge on any atom is 0.134 e. The number of nitrogens with one attached hydrogen (secondary N) is 1. The largest absolute Gasteiger partial charge is 0.393 e. The van der Waals surface area contributed by atoms with E-state index in [1.807, 2.05) is 6.07 Å². The van der Waals surface area contributed by atoms with Gasteiger partial charge in [0.15, 0.2) is 0 Å². The Morgan fingerprint density at radius 2 is 2.08 bits per heavy atom. The molecular weight excluding hydrogens is 306 g/mol. The summed E-state index contributed by atoms with van der Waals surface area (Å²) in [6.07, 6.45) is 4.31. The minimum Gasteiger partial charge on any atom is -0.393 e. The van der Waals surface area contributed by atoms with Gasteiger partial charge in [-0.1, -0.05) is 0 Å². The van der Waals surface area contributed by atoms with E-state index < -0.39 is 0 Å². The van der Waals surface area contributed by atoms with Gasteiger partial charge in [0.25, 0.3) is 0 Å². The molecule has 1 atom stereocenters. The maximum atomic E-state index is 9.63. The molecule has 1 aromatic heterocycles. The van der Waals surface area contributed by atoms with Crippen LogP contribution in [0.1, 0.15) is 19.3 Å². The summed E-state index contributed by atoms with van der Waals surface area (Å²) in [7, 11) is 1.75. The molecule has 7 heteroatoms. The Balaban J connectivity index is 1.47. The van der Waals surface area contributed by atoms with E-state index in [1.54, 1.807) is 13.4 Å². The van der Waals surface area contributed by atoms with Crippen molar-refractivity contribution in [1.82, 2.24) is 14.9 Å². The molecule has 1 unspecified atom stereocenters. The lowest BCUT2D eigenvalue weighted by molar-refractivity contribution is 0.145. The molecule has 2 aliphatic rings. The third kappa shape index (κ3) is 4.78. The molecule has 2 aliphatic heterocycles. The van der Waals surface area contributed by atoms with Gasteiger partial charge in [0.1, 0.15) is 18.0 Å². The van der Waals surface area contributed by atoms with Gasteiger partial charge in [-0.2, -0.15) is 0 Å². The second-order valence-corrected chi connectivity index (χ2v) is 6.81. The first kappa shape index (κ1) is 17.4. The summed E-state index contributed by atoms with van der Waals surface area (Å²) in [6, 6.07) is 2.02. The van der Waals surface area contributed by atoms with Gasteiger partial charge in [0.05, 0.1) is 12.7 Å². The Labute approximate surface area is 144 Å². The lowest BCUT2D eigenvalue weighted by atomic mass is 10.1. The van der Waals surface area contributed by atoms with Crippen LogP contribution in [0.4, 0.5) is 11.6 Å². The monoisotopic (exact) mass is 335 g/mol. The molecule has 24 heavy (non-hydrogen) atoms. The van der Waals surface area contributed by atoms with Crippen molar-refractivity contribution < 1.29 is 9.84 Å². The molecule has 0 bridgehead atoms. The van der Waals surface area contributed by atoms with Crippen molar-refractivity contribution in [2.24, 2.45) is 5.92 Å². The highest BCUT2D eigenvalue weighted by atomic mass is 16.5. The summed E-state index contributed by atoms with van der Waals surface area (Å²) in [6.45, 7) is 6.76. The third-order valence-electron chi connectivity index (χ3n) is 4.99. The van der Waals surface area contributed by atoms with E-state index in [0.29, 0.717) is 5.92 Å². The van der Waals surface area contributed by atoms with Gasteiger partial charge in [0, 0.05) is 45.9 Å². The number of ether oxygens (including phenoxy) is 1. The van der Waals surface area contributed by atoms with Crippen molar-refractivity contribution in [1.29, 1.82) is 0 Å². The van der Waals surface area contributed by atoms with Gasteiger partial charge in [-0.05, 0) is 31.7 Å². The molecule has 0 amide bonds. The van der Waals surface area contributed by atoms with Gasteiger partial charge < -0.3 is 25.0 Å². The fourth-order valence-electron chi connectivity index (χ4n) is 3.46. The molecular formula is C17H29N5O2. The predicted molar refractivity (Wildman–Crippen MR) is 94.4 cm³/mol. The average molecular weight is 335 g/mol. The van der Waals surface area contributed by atoms with Crippen LogP contribution in [-0.4, -0.2) is 79.1 Å². The Morgan fingerprint density at radius 3 is 2.88 bits per heavy atom. The first-order chi connectivity index (χ1) is 11.7. The molecule has 2 fully saturated rings. The molecule has 1 aromatic rings. The summed E-state index contributed by atoms with van der Waals surface area (Å²) >= 11 is 0. The Morgan fingerprint density at radius 1 is 1.25 bits per heavy atom. The smallest absolute Gasteiger partial charge is 0.134 e. The second-order valence-electron chi connectivity index (χ2n) is 6.81. The van der Waals surface area contributed by atoms with Crippen LogP contribution in [-0.2, 0) is 4.74 Å². The Kier molecular flexibility index (Phi) is 6.23. The number of piperidine rings is 1. The molecule has 3 rings (SSSR count). The van der Waals surface area contributed by atoms with E-state index in [2.05, 4.69) is 25.1 Å². The van der Waals surface area contributed by atoms with Gasteiger partial charge in [-0.15, -0.1) is 0 Å². The number of nitrogens with zero attached hydrogens (tertiary/aromatic N) is 4. The number of anilines is 2. The van der Waals surface area contributed by atoms with E-state index in [1.165, 1.54) is 6.42 Å². The van der Waals surface area contributed by atoms with Crippen molar-refractivity contribution >= 4 is 11.6 Å². The van der Waals surface area contributed by atoms with E-state index >= 15 is 0 Å². The molecule has 0 aromatic carbocycles. The lowest BCUT2D eigenvalue weighted by Crippen LogP contribution is -2.36.